The van der Waals surface area contributed by atoms with Crippen LogP contribution in [0.5, 0.6) is 0 Å². The molecule has 0 aromatic heterocycles. The van der Waals surface area contributed by atoms with Crippen LogP contribution in [0.1, 0.15) is 12.5 Å². The van der Waals surface area contributed by atoms with Gasteiger partial charge in [-0.3, -0.25) is 4.79 Å². The Kier molecular flexibility index (Phi) is 5.43. The molecule has 17 heavy (non-hydrogen) atoms. The molecule has 0 fully saturated rings. The minimum atomic E-state index is -1.21. The number of Topliss-reactive ketones (excluding diaryl/α,β-unsaturated/α-hetero) is 1. The Bertz CT molecular complexity index is 412. The second kappa shape index (κ2) is 6.86. The standard InChI is InChI=1S/C13H13ClO3/c1-10(15)12(14)13(16)17-9-5-8-11-6-3-2-4-7-11/h2-8,12H,9H2,1H3/b8-5+. The van der Waals surface area contributed by atoms with Crippen molar-refractivity contribution in [1.29, 1.82) is 0 Å². The van der Waals surface area contributed by atoms with Crippen molar-refractivity contribution in [3.63, 3.8) is 0 Å². The van der Waals surface area contributed by atoms with Crippen LogP contribution in [0, 0.1) is 0 Å². The van der Waals surface area contributed by atoms with Crippen molar-refractivity contribution in [2.45, 2.75) is 12.3 Å². The molecule has 1 atom stereocenters. The van der Waals surface area contributed by atoms with Crippen molar-refractivity contribution in [3.05, 3.63) is 42.0 Å². The lowest BCUT2D eigenvalue weighted by Gasteiger charge is -2.04. The molecule has 1 rings (SSSR count). The van der Waals surface area contributed by atoms with E-state index < -0.39 is 17.1 Å². The van der Waals surface area contributed by atoms with Gasteiger partial charge in [0.25, 0.3) is 0 Å². The maximum absolute atomic E-state index is 11.2. The first kappa shape index (κ1) is 13.5. The average Bonchev–Trinajstić information content (AvgIpc) is 2.34. The summed E-state index contributed by atoms with van der Waals surface area (Å²) in [5.74, 6) is -1.12. The predicted molar refractivity (Wildman–Crippen MR) is 66.8 cm³/mol. The lowest BCUT2D eigenvalue weighted by atomic mass is 10.2. The van der Waals surface area contributed by atoms with Crippen LogP contribution in [0.25, 0.3) is 6.08 Å². The third-order valence-electron chi connectivity index (χ3n) is 2.00. The molecule has 0 heterocycles. The highest BCUT2D eigenvalue weighted by Gasteiger charge is 2.20. The first-order valence-electron chi connectivity index (χ1n) is 5.14. The monoisotopic (exact) mass is 252 g/mol. The summed E-state index contributed by atoms with van der Waals surface area (Å²) in [6.45, 7) is 1.35. The molecule has 0 aliphatic carbocycles. The van der Waals surface area contributed by atoms with E-state index in [1.165, 1.54) is 6.92 Å². The molecule has 0 saturated heterocycles. The summed E-state index contributed by atoms with van der Waals surface area (Å²) in [5, 5.41) is -1.21. The van der Waals surface area contributed by atoms with Gasteiger partial charge in [-0.1, -0.05) is 36.4 Å². The summed E-state index contributed by atoms with van der Waals surface area (Å²) in [7, 11) is 0. The molecule has 1 aromatic carbocycles. The summed E-state index contributed by atoms with van der Waals surface area (Å²) in [6.07, 6.45) is 3.52. The highest BCUT2D eigenvalue weighted by atomic mass is 35.5. The van der Waals surface area contributed by atoms with Crippen LogP contribution in [0.2, 0.25) is 0 Å². The van der Waals surface area contributed by atoms with E-state index in [4.69, 9.17) is 16.3 Å². The second-order valence-electron chi connectivity index (χ2n) is 3.42. The molecule has 0 bridgehead atoms. The van der Waals surface area contributed by atoms with Gasteiger partial charge in [-0.15, -0.1) is 11.6 Å². The number of hydrogen-bond donors (Lipinski definition) is 0. The van der Waals surface area contributed by atoms with E-state index >= 15 is 0 Å². The zero-order valence-corrected chi connectivity index (χ0v) is 10.2. The second-order valence-corrected chi connectivity index (χ2v) is 3.85. The van der Waals surface area contributed by atoms with Crippen molar-refractivity contribution in [1.82, 2.24) is 0 Å². The SMILES string of the molecule is CC(=O)C(Cl)C(=O)OC/C=C/c1ccccc1. The van der Waals surface area contributed by atoms with E-state index in [1.54, 1.807) is 6.08 Å². The fraction of sp³-hybridized carbons (Fsp3) is 0.231. The lowest BCUT2D eigenvalue weighted by molar-refractivity contribution is -0.144. The molecule has 0 saturated carbocycles. The number of alkyl halides is 1. The van der Waals surface area contributed by atoms with Gasteiger partial charge < -0.3 is 4.74 Å². The number of ether oxygens (including phenoxy) is 1. The fourth-order valence-corrected chi connectivity index (χ4v) is 1.18. The Morgan fingerprint density at radius 3 is 2.59 bits per heavy atom. The van der Waals surface area contributed by atoms with Gasteiger partial charge in [-0.2, -0.15) is 0 Å². The van der Waals surface area contributed by atoms with E-state index in [1.807, 2.05) is 36.4 Å². The normalized spacial score (nSPS) is 12.4. The Morgan fingerprint density at radius 2 is 2.00 bits per heavy atom. The van der Waals surface area contributed by atoms with Crippen LogP contribution >= 0.6 is 11.6 Å². The van der Waals surface area contributed by atoms with Crippen LogP contribution in [0.3, 0.4) is 0 Å². The molecule has 4 heteroatoms. The quantitative estimate of drug-likeness (QED) is 0.459. The summed E-state index contributed by atoms with van der Waals surface area (Å²) in [5.41, 5.74) is 1.01. The minimum absolute atomic E-state index is 0.101. The number of hydrogen-bond acceptors (Lipinski definition) is 3. The Balaban J connectivity index is 2.36. The van der Waals surface area contributed by atoms with Crippen molar-refractivity contribution in [2.24, 2.45) is 0 Å². The minimum Gasteiger partial charge on any atom is -0.460 e. The van der Waals surface area contributed by atoms with Crippen molar-refractivity contribution >= 4 is 29.4 Å². The van der Waals surface area contributed by atoms with Gasteiger partial charge in [0, 0.05) is 0 Å². The van der Waals surface area contributed by atoms with Gasteiger partial charge in [-0.05, 0) is 18.6 Å². The lowest BCUT2D eigenvalue weighted by Crippen LogP contribution is -2.24. The maximum atomic E-state index is 11.2. The van der Waals surface area contributed by atoms with Gasteiger partial charge in [0.15, 0.2) is 11.2 Å². The third kappa shape index (κ3) is 4.83. The number of carbonyl (C=O) groups is 2. The zero-order valence-electron chi connectivity index (χ0n) is 9.43. The highest BCUT2D eigenvalue weighted by Crippen LogP contribution is 2.03. The molecule has 0 amide bonds. The molecular formula is C13H13ClO3. The summed E-state index contributed by atoms with van der Waals surface area (Å²) in [4.78, 5) is 22.0. The fourth-order valence-electron chi connectivity index (χ4n) is 1.12. The number of ketones is 1. The van der Waals surface area contributed by atoms with Crippen LogP contribution in [-0.2, 0) is 14.3 Å². The van der Waals surface area contributed by atoms with E-state index in [2.05, 4.69) is 0 Å². The summed E-state index contributed by atoms with van der Waals surface area (Å²) >= 11 is 5.51. The number of benzene rings is 1. The molecule has 1 unspecified atom stereocenters. The molecule has 0 N–H and O–H groups in total. The third-order valence-corrected chi connectivity index (χ3v) is 2.48. The van der Waals surface area contributed by atoms with Crippen molar-refractivity contribution in [2.75, 3.05) is 6.61 Å². The van der Waals surface area contributed by atoms with E-state index in [0.717, 1.165) is 5.56 Å². The Hall–Kier alpha value is -1.61. The number of carbonyl (C=O) groups excluding carboxylic acids is 2. The van der Waals surface area contributed by atoms with Crippen molar-refractivity contribution in [3.8, 4) is 0 Å². The zero-order chi connectivity index (χ0) is 12.7. The molecule has 0 aliphatic heterocycles. The molecule has 0 radical (unpaired) electrons. The van der Waals surface area contributed by atoms with Gasteiger partial charge in [0.05, 0.1) is 0 Å². The van der Waals surface area contributed by atoms with Gasteiger partial charge in [0.2, 0.25) is 0 Å². The van der Waals surface area contributed by atoms with E-state index in [-0.39, 0.29) is 6.61 Å². The van der Waals surface area contributed by atoms with Crippen LogP contribution in [0.15, 0.2) is 36.4 Å². The number of esters is 1. The number of rotatable bonds is 5. The Labute approximate surface area is 105 Å². The summed E-state index contributed by atoms with van der Waals surface area (Å²) < 4.78 is 4.81. The predicted octanol–water partition coefficient (Wildman–Crippen LogP) is 2.44. The molecule has 1 aromatic rings. The topological polar surface area (TPSA) is 43.4 Å². The van der Waals surface area contributed by atoms with Gasteiger partial charge in [0.1, 0.15) is 6.61 Å². The smallest absolute Gasteiger partial charge is 0.332 e. The molecule has 0 aliphatic rings. The van der Waals surface area contributed by atoms with Crippen molar-refractivity contribution < 1.29 is 14.3 Å². The van der Waals surface area contributed by atoms with E-state index in [0.29, 0.717) is 0 Å². The first-order chi connectivity index (χ1) is 8.11. The Morgan fingerprint density at radius 1 is 1.35 bits per heavy atom. The van der Waals surface area contributed by atoms with Crippen LogP contribution in [0.4, 0.5) is 0 Å². The van der Waals surface area contributed by atoms with E-state index in [9.17, 15) is 9.59 Å². The molecule has 90 valence electrons. The van der Waals surface area contributed by atoms with Crippen LogP contribution < -0.4 is 0 Å². The maximum Gasteiger partial charge on any atom is 0.332 e. The highest BCUT2D eigenvalue weighted by molar-refractivity contribution is 6.40. The largest absolute Gasteiger partial charge is 0.460 e. The van der Waals surface area contributed by atoms with Gasteiger partial charge >= 0.3 is 5.97 Å². The molecular weight excluding hydrogens is 240 g/mol. The van der Waals surface area contributed by atoms with Gasteiger partial charge in [-0.25, -0.2) is 4.79 Å². The molecule has 0 spiro atoms. The number of halogens is 1. The summed E-state index contributed by atoms with van der Waals surface area (Å²) in [6, 6.07) is 9.60. The van der Waals surface area contributed by atoms with Crippen LogP contribution in [-0.4, -0.2) is 23.7 Å². The average molecular weight is 253 g/mol. The first-order valence-corrected chi connectivity index (χ1v) is 5.57. The molecule has 3 nitrogen and oxygen atoms in total.